The van der Waals surface area contributed by atoms with Gasteiger partial charge in [-0.3, -0.25) is 4.79 Å². The summed E-state index contributed by atoms with van der Waals surface area (Å²) in [5, 5.41) is 0. The van der Waals surface area contributed by atoms with Crippen LogP contribution >= 0.6 is 0 Å². The fourth-order valence-corrected chi connectivity index (χ4v) is 2.60. The molecule has 0 aliphatic heterocycles. The molecule has 0 amide bonds. The molecule has 1 aliphatic rings. The van der Waals surface area contributed by atoms with Gasteiger partial charge in [-0.25, -0.2) is 9.97 Å². The summed E-state index contributed by atoms with van der Waals surface area (Å²) in [4.78, 5) is 20.3. The molecule has 5 nitrogen and oxygen atoms in total. The van der Waals surface area contributed by atoms with Gasteiger partial charge in [-0.2, -0.15) is 0 Å². The lowest BCUT2D eigenvalue weighted by Crippen LogP contribution is -2.32. The number of nitrogens with two attached hydrogens (primary N) is 1. The molecule has 2 unspecified atom stereocenters. The molecule has 0 spiro atoms. The SMILES string of the molecule is COc1ncc(C(=O)C2CCCCC2CN)cn1. The third-order valence-corrected chi connectivity index (χ3v) is 3.64. The van der Waals surface area contributed by atoms with E-state index in [2.05, 4.69) is 9.97 Å². The zero-order valence-corrected chi connectivity index (χ0v) is 10.6. The van der Waals surface area contributed by atoms with E-state index >= 15 is 0 Å². The summed E-state index contributed by atoms with van der Waals surface area (Å²) in [5.41, 5.74) is 6.31. The van der Waals surface area contributed by atoms with Crippen molar-refractivity contribution in [2.45, 2.75) is 25.7 Å². The maximum atomic E-state index is 12.4. The molecule has 2 N–H and O–H groups in total. The highest BCUT2D eigenvalue weighted by Crippen LogP contribution is 2.31. The Balaban J connectivity index is 2.13. The molecule has 1 fully saturated rings. The summed E-state index contributed by atoms with van der Waals surface area (Å²) in [5.74, 6) is 0.446. The van der Waals surface area contributed by atoms with Crippen molar-refractivity contribution in [1.82, 2.24) is 9.97 Å². The number of Topliss-reactive ketones (excluding diaryl/α,β-unsaturated/α-hetero) is 1. The second-order valence-electron chi connectivity index (χ2n) is 4.71. The Labute approximate surface area is 107 Å². The summed E-state index contributed by atoms with van der Waals surface area (Å²) in [6.45, 7) is 0.577. The lowest BCUT2D eigenvalue weighted by atomic mass is 9.76. The first-order valence-electron chi connectivity index (χ1n) is 6.36. The van der Waals surface area contributed by atoms with Crippen LogP contribution in [-0.2, 0) is 0 Å². The zero-order valence-electron chi connectivity index (χ0n) is 10.6. The van der Waals surface area contributed by atoms with Gasteiger partial charge in [0.05, 0.1) is 12.7 Å². The number of carbonyl (C=O) groups excluding carboxylic acids is 1. The van der Waals surface area contributed by atoms with E-state index in [4.69, 9.17) is 10.5 Å². The van der Waals surface area contributed by atoms with Crippen LogP contribution in [0, 0.1) is 11.8 Å². The van der Waals surface area contributed by atoms with Crippen molar-refractivity contribution in [2.75, 3.05) is 13.7 Å². The minimum absolute atomic E-state index is 0.0285. The molecule has 0 bridgehead atoms. The van der Waals surface area contributed by atoms with Gasteiger partial charge in [-0.1, -0.05) is 12.8 Å². The number of aromatic nitrogens is 2. The van der Waals surface area contributed by atoms with Crippen molar-refractivity contribution in [3.05, 3.63) is 18.0 Å². The van der Waals surface area contributed by atoms with Gasteiger partial charge in [0.1, 0.15) is 0 Å². The van der Waals surface area contributed by atoms with Crippen LogP contribution in [0.2, 0.25) is 0 Å². The van der Waals surface area contributed by atoms with Gasteiger partial charge < -0.3 is 10.5 Å². The standard InChI is InChI=1S/C13H19N3O2/c1-18-13-15-7-10(8-16-13)12(17)11-5-3-2-4-9(11)6-14/h7-9,11H,2-6,14H2,1H3. The van der Waals surface area contributed by atoms with Crippen molar-refractivity contribution < 1.29 is 9.53 Å². The highest BCUT2D eigenvalue weighted by Gasteiger charge is 2.30. The van der Waals surface area contributed by atoms with Crippen LogP contribution in [0.5, 0.6) is 6.01 Å². The van der Waals surface area contributed by atoms with Crippen molar-refractivity contribution >= 4 is 5.78 Å². The van der Waals surface area contributed by atoms with Crippen LogP contribution in [-0.4, -0.2) is 29.4 Å². The molecule has 2 atom stereocenters. The third kappa shape index (κ3) is 2.67. The van der Waals surface area contributed by atoms with E-state index in [0.29, 0.717) is 18.0 Å². The monoisotopic (exact) mass is 249 g/mol. The average molecular weight is 249 g/mol. The van der Waals surface area contributed by atoms with Crippen molar-refractivity contribution in [3.8, 4) is 6.01 Å². The molecule has 1 aliphatic carbocycles. The first-order valence-corrected chi connectivity index (χ1v) is 6.36. The maximum Gasteiger partial charge on any atom is 0.316 e. The second-order valence-corrected chi connectivity index (χ2v) is 4.71. The fourth-order valence-electron chi connectivity index (χ4n) is 2.60. The molecule has 2 rings (SSSR count). The van der Waals surface area contributed by atoms with E-state index < -0.39 is 0 Å². The summed E-state index contributed by atoms with van der Waals surface area (Å²) in [7, 11) is 1.50. The summed E-state index contributed by atoms with van der Waals surface area (Å²) in [6, 6.07) is 0.283. The minimum Gasteiger partial charge on any atom is -0.467 e. The van der Waals surface area contributed by atoms with Gasteiger partial charge in [0, 0.05) is 18.3 Å². The van der Waals surface area contributed by atoms with Gasteiger partial charge in [-0.05, 0) is 25.3 Å². The second kappa shape index (κ2) is 5.91. The number of nitrogens with zero attached hydrogens (tertiary/aromatic N) is 2. The van der Waals surface area contributed by atoms with Crippen LogP contribution in [0.3, 0.4) is 0 Å². The van der Waals surface area contributed by atoms with Gasteiger partial charge in [-0.15, -0.1) is 0 Å². The number of rotatable bonds is 4. The predicted molar refractivity (Wildman–Crippen MR) is 67.4 cm³/mol. The lowest BCUT2D eigenvalue weighted by molar-refractivity contribution is 0.0828. The van der Waals surface area contributed by atoms with E-state index in [9.17, 15) is 4.79 Å². The normalized spacial score (nSPS) is 23.7. The minimum atomic E-state index is 0.0285. The van der Waals surface area contributed by atoms with E-state index in [1.165, 1.54) is 25.9 Å². The molecule has 18 heavy (non-hydrogen) atoms. The molecule has 0 radical (unpaired) electrons. The number of ketones is 1. The van der Waals surface area contributed by atoms with Crippen molar-refractivity contribution in [1.29, 1.82) is 0 Å². The van der Waals surface area contributed by atoms with E-state index in [0.717, 1.165) is 19.3 Å². The topological polar surface area (TPSA) is 78.1 Å². The molecule has 1 aromatic heterocycles. The Hall–Kier alpha value is -1.49. The molecule has 1 aromatic rings. The zero-order chi connectivity index (χ0) is 13.0. The van der Waals surface area contributed by atoms with Crippen LogP contribution in [0.1, 0.15) is 36.0 Å². The number of hydrogen-bond acceptors (Lipinski definition) is 5. The smallest absolute Gasteiger partial charge is 0.316 e. The van der Waals surface area contributed by atoms with Crippen LogP contribution in [0.4, 0.5) is 0 Å². The van der Waals surface area contributed by atoms with Crippen molar-refractivity contribution in [2.24, 2.45) is 17.6 Å². The molecule has 0 aromatic carbocycles. The highest BCUT2D eigenvalue weighted by atomic mass is 16.5. The molecule has 5 heteroatoms. The molecular weight excluding hydrogens is 230 g/mol. The Morgan fingerprint density at radius 2 is 2.06 bits per heavy atom. The molecule has 1 heterocycles. The summed E-state index contributed by atoms with van der Waals surface area (Å²) >= 11 is 0. The van der Waals surface area contributed by atoms with Gasteiger partial charge in [0.2, 0.25) is 0 Å². The van der Waals surface area contributed by atoms with Crippen LogP contribution < -0.4 is 10.5 Å². The van der Waals surface area contributed by atoms with Crippen molar-refractivity contribution in [3.63, 3.8) is 0 Å². The van der Waals surface area contributed by atoms with E-state index in [1.807, 2.05) is 0 Å². The quantitative estimate of drug-likeness (QED) is 0.817. The lowest BCUT2D eigenvalue weighted by Gasteiger charge is -2.29. The van der Waals surface area contributed by atoms with Gasteiger partial charge in [0.25, 0.3) is 0 Å². The first kappa shape index (κ1) is 13.0. The Morgan fingerprint density at radius 3 is 2.67 bits per heavy atom. The largest absolute Gasteiger partial charge is 0.467 e. The van der Waals surface area contributed by atoms with Gasteiger partial charge in [0.15, 0.2) is 5.78 Å². The van der Waals surface area contributed by atoms with E-state index in [1.54, 1.807) is 0 Å². The molecule has 1 saturated carbocycles. The maximum absolute atomic E-state index is 12.4. The Morgan fingerprint density at radius 1 is 1.39 bits per heavy atom. The average Bonchev–Trinajstić information content (AvgIpc) is 2.46. The Kier molecular flexibility index (Phi) is 4.25. The summed E-state index contributed by atoms with van der Waals surface area (Å²) in [6.07, 6.45) is 7.32. The number of ether oxygens (including phenoxy) is 1. The number of carbonyl (C=O) groups is 1. The van der Waals surface area contributed by atoms with E-state index in [-0.39, 0.29) is 17.7 Å². The Bertz CT molecular complexity index is 405. The fraction of sp³-hybridized carbons (Fsp3) is 0.615. The third-order valence-electron chi connectivity index (χ3n) is 3.64. The number of methoxy groups -OCH3 is 1. The van der Waals surface area contributed by atoms with Gasteiger partial charge >= 0.3 is 6.01 Å². The first-order chi connectivity index (χ1) is 8.76. The molecule has 98 valence electrons. The molecule has 0 saturated heterocycles. The highest BCUT2D eigenvalue weighted by molar-refractivity contribution is 5.97. The predicted octanol–water partition coefficient (Wildman–Crippen LogP) is 1.43. The summed E-state index contributed by atoms with van der Waals surface area (Å²) < 4.78 is 4.88. The number of hydrogen-bond donors (Lipinski definition) is 1. The van der Waals surface area contributed by atoms with Crippen LogP contribution in [0.25, 0.3) is 0 Å². The van der Waals surface area contributed by atoms with Crippen LogP contribution in [0.15, 0.2) is 12.4 Å². The molecular formula is C13H19N3O2.